The normalized spacial score (nSPS) is 10.4. The van der Waals surface area contributed by atoms with E-state index in [1.807, 2.05) is 53.9 Å². The lowest BCUT2D eigenvalue weighted by atomic mass is 10.1. The number of hydrogen-bond donors (Lipinski definition) is 1. The van der Waals surface area contributed by atoms with Gasteiger partial charge in [-0.2, -0.15) is 0 Å². The van der Waals surface area contributed by atoms with Crippen LogP contribution in [0.15, 0.2) is 58.8 Å². The van der Waals surface area contributed by atoms with Crippen molar-refractivity contribution in [2.45, 2.75) is 11.3 Å². The van der Waals surface area contributed by atoms with Gasteiger partial charge < -0.3 is 14.8 Å². The second-order valence-corrected chi connectivity index (χ2v) is 7.59. The van der Waals surface area contributed by atoms with E-state index in [0.29, 0.717) is 17.3 Å². The average Bonchev–Trinajstić information content (AvgIpc) is 3.16. The number of rotatable bonds is 8. The van der Waals surface area contributed by atoms with E-state index in [1.54, 1.807) is 26.0 Å². The Hall–Kier alpha value is -2.51. The molecule has 0 spiro atoms. The molecule has 0 fully saturated rings. The van der Waals surface area contributed by atoms with Crippen molar-refractivity contribution in [1.29, 1.82) is 0 Å². The van der Waals surface area contributed by atoms with Crippen molar-refractivity contribution in [3.8, 4) is 22.8 Å². The summed E-state index contributed by atoms with van der Waals surface area (Å²) >= 11 is 3.05. The van der Waals surface area contributed by atoms with E-state index in [0.717, 1.165) is 27.7 Å². The van der Waals surface area contributed by atoms with Gasteiger partial charge in [0.1, 0.15) is 11.5 Å². The molecule has 0 radical (unpaired) electrons. The number of hydrogen-bond acceptors (Lipinski definition) is 6. The van der Waals surface area contributed by atoms with E-state index in [1.165, 1.54) is 11.3 Å². The van der Waals surface area contributed by atoms with Gasteiger partial charge in [0, 0.05) is 28.0 Å². The Labute approximate surface area is 166 Å². The van der Waals surface area contributed by atoms with E-state index in [4.69, 9.17) is 9.47 Å². The van der Waals surface area contributed by atoms with Crippen LogP contribution in [0.3, 0.4) is 0 Å². The topological polar surface area (TPSA) is 60.5 Å². The predicted molar refractivity (Wildman–Crippen MR) is 111 cm³/mol. The third kappa shape index (κ3) is 5.24. The number of thioether (sulfide) groups is 1. The van der Waals surface area contributed by atoms with E-state index >= 15 is 0 Å². The van der Waals surface area contributed by atoms with E-state index < -0.39 is 0 Å². The fourth-order valence-corrected chi connectivity index (χ4v) is 4.03. The fourth-order valence-electron chi connectivity index (χ4n) is 2.43. The monoisotopic (exact) mass is 400 g/mol. The van der Waals surface area contributed by atoms with Crippen LogP contribution in [0.1, 0.15) is 6.42 Å². The minimum Gasteiger partial charge on any atom is -0.497 e. The van der Waals surface area contributed by atoms with Crippen LogP contribution in [0, 0.1) is 0 Å². The molecule has 3 rings (SSSR count). The molecular weight excluding hydrogens is 380 g/mol. The first-order valence-electron chi connectivity index (χ1n) is 8.35. The summed E-state index contributed by atoms with van der Waals surface area (Å²) < 4.78 is 10.7. The zero-order valence-electron chi connectivity index (χ0n) is 15.1. The molecule has 0 bridgehead atoms. The average molecular weight is 401 g/mol. The second kappa shape index (κ2) is 9.43. The second-order valence-electron chi connectivity index (χ2n) is 5.56. The summed E-state index contributed by atoms with van der Waals surface area (Å²) in [4.78, 5) is 17.8. The molecule has 5 nitrogen and oxygen atoms in total. The van der Waals surface area contributed by atoms with Gasteiger partial charge in [0.15, 0.2) is 5.13 Å². The number of amides is 1. The van der Waals surface area contributed by atoms with Crippen LogP contribution < -0.4 is 14.8 Å². The standard InChI is InChI=1S/C20H20N2O3S2/c1-24-14-8-9-18(25-2)16(12-14)17-13-27-20(21-17)22-19(23)10-11-26-15-6-4-3-5-7-15/h3-9,12-13H,10-11H2,1-2H3,(H,21,22,23). The number of ether oxygens (including phenoxy) is 2. The quantitative estimate of drug-likeness (QED) is 0.542. The van der Waals surface area contributed by atoms with Crippen LogP contribution in [-0.2, 0) is 4.79 Å². The Bertz CT molecular complexity index is 897. The summed E-state index contributed by atoms with van der Waals surface area (Å²) in [5, 5.41) is 5.34. The van der Waals surface area contributed by atoms with Crippen LogP contribution >= 0.6 is 23.1 Å². The zero-order valence-corrected chi connectivity index (χ0v) is 16.7. The highest BCUT2D eigenvalue weighted by atomic mass is 32.2. The van der Waals surface area contributed by atoms with Crippen LogP contribution in [-0.4, -0.2) is 30.9 Å². The van der Waals surface area contributed by atoms with Crippen molar-refractivity contribution in [2.75, 3.05) is 25.3 Å². The van der Waals surface area contributed by atoms with Gasteiger partial charge in [-0.05, 0) is 30.3 Å². The van der Waals surface area contributed by atoms with Crippen molar-refractivity contribution in [2.24, 2.45) is 0 Å². The van der Waals surface area contributed by atoms with Gasteiger partial charge in [0.05, 0.1) is 19.9 Å². The Morgan fingerprint density at radius 2 is 1.96 bits per heavy atom. The first-order valence-corrected chi connectivity index (χ1v) is 10.2. The third-order valence-corrected chi connectivity index (χ3v) is 5.55. The molecule has 0 unspecified atom stereocenters. The predicted octanol–water partition coefficient (Wildman–Crippen LogP) is 4.95. The number of thiazole rings is 1. The number of benzene rings is 2. The molecule has 0 aliphatic rings. The minimum absolute atomic E-state index is 0.0445. The SMILES string of the molecule is COc1ccc(OC)c(-c2csc(NC(=O)CCSc3ccccc3)n2)c1. The maximum atomic E-state index is 12.2. The minimum atomic E-state index is -0.0445. The zero-order chi connectivity index (χ0) is 19.1. The number of aromatic nitrogens is 1. The van der Waals surface area contributed by atoms with Gasteiger partial charge >= 0.3 is 0 Å². The number of carbonyl (C=O) groups is 1. The fraction of sp³-hybridized carbons (Fsp3) is 0.200. The molecule has 0 atom stereocenters. The molecule has 0 saturated heterocycles. The number of methoxy groups -OCH3 is 2. The summed E-state index contributed by atoms with van der Waals surface area (Å²) in [5.41, 5.74) is 1.57. The lowest BCUT2D eigenvalue weighted by Crippen LogP contribution is -2.11. The highest BCUT2D eigenvalue weighted by Crippen LogP contribution is 2.35. The smallest absolute Gasteiger partial charge is 0.226 e. The molecule has 27 heavy (non-hydrogen) atoms. The first-order chi connectivity index (χ1) is 13.2. The van der Waals surface area contributed by atoms with Gasteiger partial charge in [-0.1, -0.05) is 18.2 Å². The highest BCUT2D eigenvalue weighted by molar-refractivity contribution is 7.99. The summed E-state index contributed by atoms with van der Waals surface area (Å²) in [6, 6.07) is 15.6. The Morgan fingerprint density at radius 3 is 2.70 bits per heavy atom. The molecular formula is C20H20N2O3S2. The maximum Gasteiger partial charge on any atom is 0.226 e. The number of carbonyl (C=O) groups excluding carboxylic acids is 1. The summed E-state index contributed by atoms with van der Waals surface area (Å²) in [6.45, 7) is 0. The molecule has 3 aromatic rings. The molecule has 1 N–H and O–H groups in total. The molecule has 0 saturated carbocycles. The van der Waals surface area contributed by atoms with Gasteiger partial charge in [-0.15, -0.1) is 23.1 Å². The van der Waals surface area contributed by atoms with Crippen molar-refractivity contribution < 1.29 is 14.3 Å². The first kappa shape index (κ1) is 19.3. The Kier molecular flexibility index (Phi) is 6.73. The molecule has 7 heteroatoms. The summed E-state index contributed by atoms with van der Waals surface area (Å²) in [6.07, 6.45) is 0.428. The largest absolute Gasteiger partial charge is 0.497 e. The third-order valence-electron chi connectivity index (χ3n) is 3.77. The summed E-state index contributed by atoms with van der Waals surface area (Å²) in [7, 11) is 3.23. The van der Waals surface area contributed by atoms with Crippen molar-refractivity contribution in [3.05, 3.63) is 53.9 Å². The molecule has 1 heterocycles. The van der Waals surface area contributed by atoms with Crippen LogP contribution in [0.2, 0.25) is 0 Å². The lowest BCUT2D eigenvalue weighted by Gasteiger charge is -2.08. The molecule has 0 aliphatic heterocycles. The van der Waals surface area contributed by atoms with Crippen molar-refractivity contribution in [1.82, 2.24) is 4.98 Å². The highest BCUT2D eigenvalue weighted by Gasteiger charge is 2.13. The maximum absolute atomic E-state index is 12.2. The van der Waals surface area contributed by atoms with Crippen LogP contribution in [0.25, 0.3) is 11.3 Å². The summed E-state index contributed by atoms with van der Waals surface area (Å²) in [5.74, 6) is 2.11. The molecule has 1 aromatic heterocycles. The lowest BCUT2D eigenvalue weighted by molar-refractivity contribution is -0.115. The van der Waals surface area contributed by atoms with E-state index in [2.05, 4.69) is 10.3 Å². The molecule has 1 amide bonds. The van der Waals surface area contributed by atoms with Gasteiger partial charge in [0.25, 0.3) is 0 Å². The van der Waals surface area contributed by atoms with Gasteiger partial charge in [-0.3, -0.25) is 4.79 Å². The number of nitrogens with one attached hydrogen (secondary N) is 1. The Morgan fingerprint density at radius 1 is 1.15 bits per heavy atom. The van der Waals surface area contributed by atoms with Crippen LogP contribution in [0.4, 0.5) is 5.13 Å². The number of nitrogens with zero attached hydrogens (tertiary/aromatic N) is 1. The van der Waals surface area contributed by atoms with E-state index in [-0.39, 0.29) is 5.91 Å². The van der Waals surface area contributed by atoms with Crippen LogP contribution in [0.5, 0.6) is 11.5 Å². The van der Waals surface area contributed by atoms with Gasteiger partial charge in [-0.25, -0.2) is 4.98 Å². The number of anilines is 1. The van der Waals surface area contributed by atoms with E-state index in [9.17, 15) is 4.79 Å². The Balaban J connectivity index is 1.60. The van der Waals surface area contributed by atoms with Gasteiger partial charge in [0.2, 0.25) is 5.91 Å². The molecule has 2 aromatic carbocycles. The molecule has 140 valence electrons. The van der Waals surface area contributed by atoms with Crippen molar-refractivity contribution in [3.63, 3.8) is 0 Å². The van der Waals surface area contributed by atoms with Crippen molar-refractivity contribution >= 4 is 34.1 Å². The molecule has 0 aliphatic carbocycles.